The highest BCUT2D eigenvalue weighted by molar-refractivity contribution is 6.36. The second kappa shape index (κ2) is 6.46. The van der Waals surface area contributed by atoms with Gasteiger partial charge in [-0.15, -0.1) is 0 Å². The van der Waals surface area contributed by atoms with Crippen molar-refractivity contribution < 1.29 is 9.53 Å². The van der Waals surface area contributed by atoms with Gasteiger partial charge in [0, 0.05) is 21.8 Å². The maximum atomic E-state index is 12.2. The maximum absolute atomic E-state index is 12.2. The van der Waals surface area contributed by atoms with Crippen molar-refractivity contribution in [3.8, 4) is 11.5 Å². The van der Waals surface area contributed by atoms with E-state index >= 15 is 0 Å². The van der Waals surface area contributed by atoms with Gasteiger partial charge in [0.2, 0.25) is 0 Å². The molecule has 0 bridgehead atoms. The van der Waals surface area contributed by atoms with Crippen LogP contribution in [0.5, 0.6) is 11.5 Å². The highest BCUT2D eigenvalue weighted by Crippen LogP contribution is 2.35. The van der Waals surface area contributed by atoms with E-state index in [1.807, 2.05) is 66.7 Å². The minimum absolute atomic E-state index is 0.123. The number of ether oxygens (including phenoxy) is 1. The second-order valence-electron chi connectivity index (χ2n) is 5.69. The molecule has 1 aliphatic rings. The number of fused-ring (bicyclic) bond motifs is 1. The summed E-state index contributed by atoms with van der Waals surface area (Å²) in [6.45, 7) is 0. The molecule has 0 aliphatic carbocycles. The molecule has 0 atom stereocenters. The van der Waals surface area contributed by atoms with Gasteiger partial charge in [0.15, 0.2) is 0 Å². The lowest BCUT2D eigenvalue weighted by Crippen LogP contribution is -2.03. The number of carbonyl (C=O) groups excluding carboxylic acids is 1. The molecule has 0 fully saturated rings. The zero-order valence-electron chi connectivity index (χ0n) is 13.2. The van der Waals surface area contributed by atoms with Crippen LogP contribution >= 0.6 is 11.6 Å². The second-order valence-corrected chi connectivity index (χ2v) is 6.12. The fourth-order valence-electron chi connectivity index (χ4n) is 2.73. The summed E-state index contributed by atoms with van der Waals surface area (Å²) >= 11 is 6.05. The number of carbonyl (C=O) groups is 1. The molecule has 1 N–H and O–H groups in total. The molecule has 3 aromatic rings. The van der Waals surface area contributed by atoms with E-state index in [1.165, 1.54) is 0 Å². The summed E-state index contributed by atoms with van der Waals surface area (Å²) in [5, 5.41) is 3.45. The molecule has 3 aromatic carbocycles. The van der Waals surface area contributed by atoms with E-state index in [2.05, 4.69) is 5.32 Å². The molecular formula is C21H14ClNO2. The number of halogens is 1. The Morgan fingerprint density at radius 2 is 1.60 bits per heavy atom. The molecule has 3 nitrogen and oxygen atoms in total. The van der Waals surface area contributed by atoms with Crippen LogP contribution < -0.4 is 10.1 Å². The lowest BCUT2D eigenvalue weighted by Gasteiger charge is -2.05. The van der Waals surface area contributed by atoms with E-state index in [0.29, 0.717) is 10.6 Å². The molecule has 4 heteroatoms. The van der Waals surface area contributed by atoms with Crippen molar-refractivity contribution in [2.24, 2.45) is 0 Å². The summed E-state index contributed by atoms with van der Waals surface area (Å²) in [6, 6.07) is 22.6. The van der Waals surface area contributed by atoms with E-state index in [0.717, 1.165) is 28.3 Å². The van der Waals surface area contributed by atoms with E-state index < -0.39 is 0 Å². The molecule has 0 unspecified atom stereocenters. The predicted octanol–water partition coefficient (Wildman–Crippen LogP) is 5.63. The smallest absolute Gasteiger partial charge is 0.256 e. The van der Waals surface area contributed by atoms with Gasteiger partial charge in [-0.05, 0) is 54.1 Å². The fraction of sp³-hybridized carbons (Fsp3) is 0. The summed E-state index contributed by atoms with van der Waals surface area (Å²) in [4.78, 5) is 12.2. The van der Waals surface area contributed by atoms with Crippen LogP contribution in [0.3, 0.4) is 0 Å². The molecule has 0 aromatic heterocycles. The van der Waals surface area contributed by atoms with Crippen LogP contribution in [-0.2, 0) is 4.79 Å². The topological polar surface area (TPSA) is 38.3 Å². The summed E-state index contributed by atoms with van der Waals surface area (Å²) in [5.41, 5.74) is 3.12. The van der Waals surface area contributed by atoms with Crippen LogP contribution in [0.4, 0.5) is 5.69 Å². The Morgan fingerprint density at radius 1 is 0.880 bits per heavy atom. The third-order valence-electron chi connectivity index (χ3n) is 3.93. The molecule has 0 spiro atoms. The van der Waals surface area contributed by atoms with Gasteiger partial charge >= 0.3 is 0 Å². The van der Waals surface area contributed by atoms with E-state index in [1.54, 1.807) is 12.1 Å². The summed E-state index contributed by atoms with van der Waals surface area (Å²) < 4.78 is 5.78. The third-order valence-corrected chi connectivity index (χ3v) is 4.17. The maximum Gasteiger partial charge on any atom is 0.256 e. The monoisotopic (exact) mass is 347 g/mol. The van der Waals surface area contributed by atoms with E-state index in [9.17, 15) is 4.79 Å². The van der Waals surface area contributed by atoms with Crippen molar-refractivity contribution in [2.75, 3.05) is 5.32 Å². The van der Waals surface area contributed by atoms with Crippen molar-refractivity contribution in [3.05, 3.63) is 88.9 Å². The van der Waals surface area contributed by atoms with Gasteiger partial charge in [-0.1, -0.05) is 41.9 Å². The van der Waals surface area contributed by atoms with Crippen molar-refractivity contribution in [1.29, 1.82) is 0 Å². The summed E-state index contributed by atoms with van der Waals surface area (Å²) in [7, 11) is 0. The van der Waals surface area contributed by atoms with E-state index in [4.69, 9.17) is 16.3 Å². The molecule has 1 heterocycles. The highest BCUT2D eigenvalue weighted by Gasteiger charge is 2.24. The summed E-state index contributed by atoms with van der Waals surface area (Å²) in [5.74, 6) is 1.40. The Balaban J connectivity index is 1.60. The lowest BCUT2D eigenvalue weighted by molar-refractivity contribution is -0.110. The first-order valence-corrected chi connectivity index (χ1v) is 8.23. The molecule has 0 saturated heterocycles. The fourth-order valence-corrected chi connectivity index (χ4v) is 2.90. The largest absolute Gasteiger partial charge is 0.457 e. The minimum atomic E-state index is -0.123. The predicted molar refractivity (Wildman–Crippen MR) is 101 cm³/mol. The van der Waals surface area contributed by atoms with Gasteiger partial charge in [0.25, 0.3) is 5.91 Å². The number of hydrogen-bond acceptors (Lipinski definition) is 2. The first kappa shape index (κ1) is 15.5. The lowest BCUT2D eigenvalue weighted by atomic mass is 10.0. The quantitative estimate of drug-likeness (QED) is 0.624. The number of hydrogen-bond donors (Lipinski definition) is 1. The van der Waals surface area contributed by atoms with Crippen molar-refractivity contribution >= 4 is 34.8 Å². The molecule has 0 saturated carbocycles. The molecule has 122 valence electrons. The van der Waals surface area contributed by atoms with Crippen LogP contribution in [0.15, 0.2) is 72.8 Å². The Morgan fingerprint density at radius 3 is 2.36 bits per heavy atom. The average Bonchev–Trinajstić information content (AvgIpc) is 2.93. The van der Waals surface area contributed by atoms with Crippen molar-refractivity contribution in [2.45, 2.75) is 0 Å². The number of nitrogens with one attached hydrogen (secondary N) is 1. The van der Waals surface area contributed by atoms with Crippen LogP contribution in [0.25, 0.3) is 11.6 Å². The number of amides is 1. The molecule has 25 heavy (non-hydrogen) atoms. The standard InChI is InChI=1S/C21H14ClNO2/c22-15-8-11-20-18(13-15)19(21(24)23-20)12-14-6-9-17(10-7-14)25-16-4-2-1-3-5-16/h1-13H,(H,23,24)/b19-12+. The first-order chi connectivity index (χ1) is 12.2. The average molecular weight is 348 g/mol. The SMILES string of the molecule is O=C1Nc2ccc(Cl)cc2/C1=C\c1ccc(Oc2ccccc2)cc1. The van der Waals surface area contributed by atoms with Gasteiger partial charge in [-0.25, -0.2) is 0 Å². The third kappa shape index (κ3) is 3.28. The highest BCUT2D eigenvalue weighted by atomic mass is 35.5. The van der Waals surface area contributed by atoms with Gasteiger partial charge in [-0.3, -0.25) is 4.79 Å². The Kier molecular flexibility index (Phi) is 4.00. The van der Waals surface area contributed by atoms with Crippen LogP contribution in [0.1, 0.15) is 11.1 Å². The Hall–Kier alpha value is -3.04. The molecular weight excluding hydrogens is 334 g/mol. The van der Waals surface area contributed by atoms with Crippen LogP contribution in [0.2, 0.25) is 5.02 Å². The first-order valence-electron chi connectivity index (χ1n) is 7.85. The normalized spacial score (nSPS) is 14.3. The van der Waals surface area contributed by atoms with E-state index in [-0.39, 0.29) is 5.91 Å². The minimum Gasteiger partial charge on any atom is -0.457 e. The van der Waals surface area contributed by atoms with Crippen LogP contribution in [0, 0.1) is 0 Å². The van der Waals surface area contributed by atoms with Crippen molar-refractivity contribution in [3.63, 3.8) is 0 Å². The molecule has 0 radical (unpaired) electrons. The number of rotatable bonds is 3. The molecule has 4 rings (SSSR count). The number of para-hydroxylation sites is 1. The van der Waals surface area contributed by atoms with Gasteiger partial charge in [0.1, 0.15) is 11.5 Å². The summed E-state index contributed by atoms with van der Waals surface area (Å²) in [6.07, 6.45) is 1.85. The number of anilines is 1. The number of benzene rings is 3. The molecule has 1 aliphatic heterocycles. The van der Waals surface area contributed by atoms with Crippen molar-refractivity contribution in [1.82, 2.24) is 0 Å². The zero-order valence-corrected chi connectivity index (χ0v) is 14.0. The Labute approximate surface area is 150 Å². The Bertz CT molecular complexity index is 963. The van der Waals surface area contributed by atoms with Crippen LogP contribution in [-0.4, -0.2) is 5.91 Å². The molecule has 1 amide bonds. The van der Waals surface area contributed by atoms with Gasteiger partial charge in [0.05, 0.1) is 0 Å². The van der Waals surface area contributed by atoms with Gasteiger partial charge < -0.3 is 10.1 Å². The zero-order chi connectivity index (χ0) is 17.2. The van der Waals surface area contributed by atoms with Gasteiger partial charge in [-0.2, -0.15) is 0 Å².